The summed E-state index contributed by atoms with van der Waals surface area (Å²) in [5.41, 5.74) is 1.89. The summed E-state index contributed by atoms with van der Waals surface area (Å²) in [5.74, 6) is -0.0388. The van der Waals surface area contributed by atoms with Crippen LogP contribution in [0.1, 0.15) is 11.1 Å². The zero-order chi connectivity index (χ0) is 16.8. The van der Waals surface area contributed by atoms with Gasteiger partial charge in [0, 0.05) is 18.3 Å². The van der Waals surface area contributed by atoms with Crippen molar-refractivity contribution in [3.8, 4) is 0 Å². The Morgan fingerprint density at radius 3 is 2.58 bits per heavy atom. The van der Waals surface area contributed by atoms with Crippen LogP contribution < -0.4 is 5.32 Å². The van der Waals surface area contributed by atoms with Gasteiger partial charge in [0.1, 0.15) is 5.82 Å². The van der Waals surface area contributed by atoms with Crippen molar-refractivity contribution >= 4 is 17.8 Å². The molecule has 0 bridgehead atoms. The van der Waals surface area contributed by atoms with Gasteiger partial charge in [-0.15, -0.1) is 0 Å². The third-order valence-corrected chi connectivity index (χ3v) is 3.38. The molecule has 120 valence electrons. The predicted octanol–water partition coefficient (Wildman–Crippen LogP) is 3.72. The van der Waals surface area contributed by atoms with Crippen molar-refractivity contribution in [1.82, 2.24) is 9.78 Å². The molecule has 1 heterocycles. The number of hydrogen-bond donors (Lipinski definition) is 1. The summed E-state index contributed by atoms with van der Waals surface area (Å²) in [4.78, 5) is 11.9. The van der Waals surface area contributed by atoms with E-state index in [4.69, 9.17) is 0 Å². The summed E-state index contributed by atoms with van der Waals surface area (Å²) >= 11 is 0. The maximum absolute atomic E-state index is 12.9. The number of carbonyl (C=O) groups excluding carboxylic acids is 1. The van der Waals surface area contributed by atoms with E-state index in [1.54, 1.807) is 35.2 Å². The molecule has 0 aliphatic heterocycles. The smallest absolute Gasteiger partial charge is 0.249 e. The highest BCUT2D eigenvalue weighted by molar-refractivity contribution is 6.01. The first-order valence-corrected chi connectivity index (χ1v) is 7.51. The van der Waals surface area contributed by atoms with Gasteiger partial charge in [0.2, 0.25) is 5.91 Å². The molecule has 2 aromatic carbocycles. The fourth-order valence-electron chi connectivity index (χ4n) is 2.20. The number of hydrogen-bond acceptors (Lipinski definition) is 2. The Kier molecular flexibility index (Phi) is 4.81. The summed E-state index contributed by atoms with van der Waals surface area (Å²) in [6.07, 6.45) is 4.97. The lowest BCUT2D eigenvalue weighted by atomic mass is 10.2. The zero-order valence-electron chi connectivity index (χ0n) is 12.9. The molecule has 0 fully saturated rings. The fourth-order valence-corrected chi connectivity index (χ4v) is 2.20. The van der Waals surface area contributed by atoms with Crippen LogP contribution in [0.25, 0.3) is 6.08 Å². The largest absolute Gasteiger partial charge is 0.306 e. The van der Waals surface area contributed by atoms with Crippen molar-refractivity contribution in [1.29, 1.82) is 0 Å². The Labute approximate surface area is 139 Å². The Morgan fingerprint density at radius 1 is 1.08 bits per heavy atom. The van der Waals surface area contributed by atoms with Crippen LogP contribution in [0.4, 0.5) is 10.2 Å². The van der Waals surface area contributed by atoms with E-state index >= 15 is 0 Å². The maximum atomic E-state index is 12.9. The number of anilines is 1. The molecule has 1 amide bonds. The van der Waals surface area contributed by atoms with E-state index in [-0.39, 0.29) is 11.7 Å². The summed E-state index contributed by atoms with van der Waals surface area (Å²) in [6, 6.07) is 17.5. The monoisotopic (exact) mass is 321 g/mol. The van der Waals surface area contributed by atoms with Gasteiger partial charge < -0.3 is 5.32 Å². The highest BCUT2D eigenvalue weighted by atomic mass is 19.1. The van der Waals surface area contributed by atoms with Gasteiger partial charge in [-0.05, 0) is 29.3 Å². The van der Waals surface area contributed by atoms with E-state index in [0.29, 0.717) is 12.4 Å². The molecule has 0 radical (unpaired) electrons. The molecule has 3 aromatic rings. The van der Waals surface area contributed by atoms with Gasteiger partial charge in [-0.2, -0.15) is 5.10 Å². The Bertz CT molecular complexity index is 839. The van der Waals surface area contributed by atoms with E-state index in [9.17, 15) is 9.18 Å². The van der Waals surface area contributed by atoms with Crippen molar-refractivity contribution in [2.24, 2.45) is 0 Å². The summed E-state index contributed by atoms with van der Waals surface area (Å²) < 4.78 is 14.6. The van der Waals surface area contributed by atoms with Gasteiger partial charge in [0.15, 0.2) is 5.82 Å². The van der Waals surface area contributed by atoms with Crippen LogP contribution in [0.3, 0.4) is 0 Å². The molecular weight excluding hydrogens is 305 g/mol. The zero-order valence-corrected chi connectivity index (χ0v) is 12.9. The number of rotatable bonds is 5. The Hall–Kier alpha value is -3.21. The lowest BCUT2D eigenvalue weighted by Crippen LogP contribution is -2.09. The molecule has 4 nitrogen and oxygen atoms in total. The average molecular weight is 321 g/mol. The summed E-state index contributed by atoms with van der Waals surface area (Å²) in [6.45, 7) is 0.510. The normalized spacial score (nSPS) is 10.9. The molecule has 24 heavy (non-hydrogen) atoms. The van der Waals surface area contributed by atoms with Gasteiger partial charge in [-0.3, -0.25) is 9.48 Å². The van der Waals surface area contributed by atoms with Crippen LogP contribution >= 0.6 is 0 Å². The lowest BCUT2D eigenvalue weighted by molar-refractivity contribution is -0.111. The molecule has 5 heteroatoms. The van der Waals surface area contributed by atoms with Crippen LogP contribution in [0, 0.1) is 5.82 Å². The molecule has 1 aromatic heterocycles. The van der Waals surface area contributed by atoms with Crippen molar-refractivity contribution in [2.45, 2.75) is 6.54 Å². The molecule has 1 N–H and O–H groups in total. The second-order valence-electron chi connectivity index (χ2n) is 5.26. The Balaban J connectivity index is 1.58. The molecule has 0 spiro atoms. The molecule has 0 aliphatic carbocycles. The minimum absolute atomic E-state index is 0.245. The van der Waals surface area contributed by atoms with Crippen LogP contribution in [0.5, 0.6) is 0 Å². The van der Waals surface area contributed by atoms with Gasteiger partial charge in [0.25, 0.3) is 0 Å². The van der Waals surface area contributed by atoms with Crippen LogP contribution in [0.15, 0.2) is 72.9 Å². The van der Waals surface area contributed by atoms with Crippen molar-refractivity contribution in [3.05, 3.63) is 89.9 Å². The first-order chi connectivity index (χ1) is 11.7. The van der Waals surface area contributed by atoms with E-state index in [1.807, 2.05) is 30.3 Å². The molecule has 0 saturated heterocycles. The number of halogens is 1. The van der Waals surface area contributed by atoms with Gasteiger partial charge in [0.05, 0.1) is 6.54 Å². The van der Waals surface area contributed by atoms with Crippen LogP contribution in [-0.2, 0) is 11.3 Å². The minimum Gasteiger partial charge on any atom is -0.306 e. The quantitative estimate of drug-likeness (QED) is 0.728. The molecular formula is C19H16FN3O. The summed E-state index contributed by atoms with van der Waals surface area (Å²) in [5, 5.41) is 6.99. The Morgan fingerprint density at radius 2 is 1.83 bits per heavy atom. The van der Waals surface area contributed by atoms with Gasteiger partial charge in [-0.1, -0.05) is 42.5 Å². The predicted molar refractivity (Wildman–Crippen MR) is 91.8 cm³/mol. The number of carbonyl (C=O) groups is 1. The van der Waals surface area contributed by atoms with Crippen LogP contribution in [0.2, 0.25) is 0 Å². The fraction of sp³-hybridized carbons (Fsp3) is 0.0526. The molecule has 0 aliphatic rings. The summed E-state index contributed by atoms with van der Waals surface area (Å²) in [7, 11) is 0. The van der Waals surface area contributed by atoms with Crippen molar-refractivity contribution in [2.75, 3.05) is 5.32 Å². The first-order valence-electron chi connectivity index (χ1n) is 7.51. The van der Waals surface area contributed by atoms with Crippen molar-refractivity contribution in [3.63, 3.8) is 0 Å². The molecule has 0 unspecified atom stereocenters. The van der Waals surface area contributed by atoms with Gasteiger partial charge >= 0.3 is 0 Å². The first kappa shape index (κ1) is 15.7. The SMILES string of the molecule is O=C(/C=C/c1ccccc1)Nc1ccn(Cc2ccc(F)cc2)n1. The molecule has 3 rings (SSSR count). The van der Waals surface area contributed by atoms with E-state index in [1.165, 1.54) is 18.2 Å². The molecule has 0 saturated carbocycles. The van der Waals surface area contributed by atoms with E-state index < -0.39 is 0 Å². The molecule has 0 atom stereocenters. The van der Waals surface area contributed by atoms with E-state index in [2.05, 4.69) is 10.4 Å². The maximum Gasteiger partial charge on any atom is 0.249 e. The minimum atomic E-state index is -0.266. The number of amides is 1. The van der Waals surface area contributed by atoms with Gasteiger partial charge in [-0.25, -0.2) is 4.39 Å². The number of aromatic nitrogens is 2. The average Bonchev–Trinajstić information content (AvgIpc) is 3.03. The van der Waals surface area contributed by atoms with E-state index in [0.717, 1.165) is 11.1 Å². The lowest BCUT2D eigenvalue weighted by Gasteiger charge is -2.02. The number of benzene rings is 2. The number of nitrogens with one attached hydrogen (secondary N) is 1. The highest BCUT2D eigenvalue weighted by Crippen LogP contribution is 2.08. The second kappa shape index (κ2) is 7.37. The standard InChI is InChI=1S/C19H16FN3O/c20-17-9-6-16(7-10-17)14-23-13-12-18(22-23)21-19(24)11-8-15-4-2-1-3-5-15/h1-13H,14H2,(H,21,22,24)/b11-8+. The van der Waals surface area contributed by atoms with Crippen LogP contribution in [-0.4, -0.2) is 15.7 Å². The third-order valence-electron chi connectivity index (χ3n) is 3.38. The topological polar surface area (TPSA) is 46.9 Å². The third kappa shape index (κ3) is 4.39. The highest BCUT2D eigenvalue weighted by Gasteiger charge is 2.03. The number of nitrogens with zero attached hydrogens (tertiary/aromatic N) is 2. The second-order valence-corrected chi connectivity index (χ2v) is 5.26. The van der Waals surface area contributed by atoms with Crippen molar-refractivity contribution < 1.29 is 9.18 Å².